The molecule has 1 aromatic carbocycles. The van der Waals surface area contributed by atoms with Crippen molar-refractivity contribution in [1.29, 1.82) is 0 Å². The summed E-state index contributed by atoms with van der Waals surface area (Å²) < 4.78 is 0. The molecule has 0 spiro atoms. The fourth-order valence-corrected chi connectivity index (χ4v) is 5.03. The maximum atomic E-state index is 11.4. The lowest BCUT2D eigenvalue weighted by Crippen LogP contribution is -2.30. The summed E-state index contributed by atoms with van der Waals surface area (Å²) in [6.07, 6.45) is 12.1. The monoisotopic (exact) mass is 540 g/mol. The van der Waals surface area contributed by atoms with Gasteiger partial charge in [-0.2, -0.15) is 0 Å². The van der Waals surface area contributed by atoms with E-state index in [9.17, 15) is 19.2 Å². The lowest BCUT2D eigenvalue weighted by atomic mass is 9.88. The van der Waals surface area contributed by atoms with Crippen LogP contribution in [0.25, 0.3) is 0 Å². The second-order valence-electron chi connectivity index (χ2n) is 9.35. The number of carbonyl (C=O) groups is 4. The zero-order chi connectivity index (χ0) is 28.2. The molecule has 4 amide bonds. The molecule has 0 radical (unpaired) electrons. The highest BCUT2D eigenvalue weighted by Gasteiger charge is 2.22. The summed E-state index contributed by atoms with van der Waals surface area (Å²) in [5.41, 5.74) is 12.1. The predicted molar refractivity (Wildman–Crippen MR) is 148 cm³/mol. The van der Waals surface area contributed by atoms with E-state index in [-0.39, 0.29) is 0 Å². The Balaban J connectivity index is 0.000000202. The number of anilines is 1. The van der Waals surface area contributed by atoms with Crippen LogP contribution in [0.5, 0.6) is 0 Å². The molecule has 0 unspecified atom stereocenters. The molecule has 2 aromatic rings. The normalized spacial score (nSPS) is 14.8. The third kappa shape index (κ3) is 9.61. The molecule has 0 atom stereocenters. The van der Waals surface area contributed by atoms with E-state index < -0.39 is 17.7 Å². The Kier molecular flexibility index (Phi) is 11.9. The van der Waals surface area contributed by atoms with Crippen molar-refractivity contribution in [3.8, 4) is 12.3 Å². The first kappa shape index (κ1) is 30.5. The average Bonchev–Trinajstić information content (AvgIpc) is 3.33. The second kappa shape index (κ2) is 14.9. The van der Waals surface area contributed by atoms with E-state index in [2.05, 4.69) is 28.2 Å². The molecule has 38 heavy (non-hydrogen) atoms. The van der Waals surface area contributed by atoms with Gasteiger partial charge in [0, 0.05) is 55.7 Å². The molecule has 1 saturated carbocycles. The van der Waals surface area contributed by atoms with Gasteiger partial charge < -0.3 is 26.6 Å². The summed E-state index contributed by atoms with van der Waals surface area (Å²) in [5, 5.41) is 2.76. The van der Waals surface area contributed by atoms with E-state index in [1.54, 1.807) is 29.2 Å². The van der Waals surface area contributed by atoms with Crippen LogP contribution in [0, 0.1) is 18.3 Å². The van der Waals surface area contributed by atoms with Crippen molar-refractivity contribution in [2.75, 3.05) is 33.0 Å². The highest BCUT2D eigenvalue weighted by Crippen LogP contribution is 2.25. The Morgan fingerprint density at radius 3 is 2.26 bits per heavy atom. The molecule has 1 fully saturated rings. The number of rotatable bonds is 3. The Morgan fingerprint density at radius 2 is 1.74 bits per heavy atom. The number of hydrogen-bond acceptors (Lipinski definition) is 7. The van der Waals surface area contributed by atoms with Crippen LogP contribution < -0.4 is 16.8 Å². The number of nitrogens with one attached hydrogen (secondary N) is 1. The summed E-state index contributed by atoms with van der Waals surface area (Å²) >= 11 is 1.42. The van der Waals surface area contributed by atoms with Crippen molar-refractivity contribution in [1.82, 2.24) is 14.8 Å². The zero-order valence-corrected chi connectivity index (χ0v) is 23.0. The Morgan fingerprint density at radius 1 is 1.11 bits per heavy atom. The number of nitrogens with two attached hydrogens (primary N) is 2. The number of primary amides is 2. The van der Waals surface area contributed by atoms with Crippen LogP contribution in [0.3, 0.4) is 0 Å². The maximum Gasteiger partial charge on any atom is 0.313 e. The van der Waals surface area contributed by atoms with Gasteiger partial charge >= 0.3 is 11.8 Å². The van der Waals surface area contributed by atoms with Crippen LogP contribution in [-0.4, -0.2) is 66.1 Å². The molecular weight excluding hydrogens is 504 g/mol. The molecule has 1 aliphatic carbocycles. The Hall–Kier alpha value is -3.75. The summed E-state index contributed by atoms with van der Waals surface area (Å²) in [6.45, 7) is 1.90. The smallest absolute Gasteiger partial charge is 0.313 e. The largest absolute Gasteiger partial charge is 0.364 e. The van der Waals surface area contributed by atoms with E-state index in [0.29, 0.717) is 28.1 Å². The fraction of sp³-hybridized carbons (Fsp3) is 0.444. The Labute approximate surface area is 227 Å². The molecule has 2 heterocycles. The number of amides is 4. The van der Waals surface area contributed by atoms with E-state index >= 15 is 0 Å². The number of carbonyl (C=O) groups excluding carboxylic acids is 4. The van der Waals surface area contributed by atoms with Gasteiger partial charge in [-0.1, -0.05) is 25.2 Å². The molecule has 0 bridgehead atoms. The first-order chi connectivity index (χ1) is 18.0. The van der Waals surface area contributed by atoms with Crippen molar-refractivity contribution >= 4 is 40.7 Å². The van der Waals surface area contributed by atoms with Crippen molar-refractivity contribution in [3.05, 3.63) is 45.4 Å². The van der Waals surface area contributed by atoms with Gasteiger partial charge in [0.15, 0.2) is 5.01 Å². The highest BCUT2D eigenvalue weighted by atomic mass is 32.1. The fourth-order valence-electron chi connectivity index (χ4n) is 3.99. The SMILES string of the molecule is C#Cc1ccc(NC(=O)C(N)=O)cc1.CN(C)C(=O)C1CCCCC1.CN1CCc2nc(C(N)=O)sc2C1. The number of thiazole rings is 1. The van der Waals surface area contributed by atoms with Crippen molar-refractivity contribution in [2.45, 2.75) is 45.1 Å². The first-order valence-electron chi connectivity index (χ1n) is 12.4. The number of fused-ring (bicyclic) bond motifs is 1. The molecule has 1 aromatic heterocycles. The molecule has 4 rings (SSSR count). The standard InChI is InChI=1S/C10H8N2O2.C9H17NO.C8H11N3OS/c1-2-7-3-5-8(6-4-7)12-10(14)9(11)13;1-10(2)9(11)8-6-4-3-5-7-8;1-11-3-2-5-6(4-11)13-8(10-5)7(9)12/h1,3-6H,(H2,11,13)(H,12,14);8H,3-7H2,1-2H3;2-4H2,1H3,(H2,9,12). The van der Waals surface area contributed by atoms with E-state index in [1.807, 2.05) is 14.1 Å². The minimum Gasteiger partial charge on any atom is -0.364 e. The molecular formula is C27H36N6O4S. The number of nitrogens with zero attached hydrogens (tertiary/aromatic N) is 3. The third-order valence-electron chi connectivity index (χ3n) is 6.06. The van der Waals surface area contributed by atoms with Crippen LogP contribution in [0.2, 0.25) is 0 Å². The summed E-state index contributed by atoms with van der Waals surface area (Å²) in [7, 11) is 5.75. The van der Waals surface area contributed by atoms with Gasteiger partial charge in [-0.3, -0.25) is 19.2 Å². The molecule has 0 saturated heterocycles. The van der Waals surface area contributed by atoms with Gasteiger partial charge in [-0.25, -0.2) is 4.98 Å². The van der Waals surface area contributed by atoms with Crippen LogP contribution in [0.15, 0.2) is 24.3 Å². The van der Waals surface area contributed by atoms with Gasteiger partial charge in [0.25, 0.3) is 5.91 Å². The van der Waals surface area contributed by atoms with Gasteiger partial charge in [0.2, 0.25) is 5.91 Å². The topological polar surface area (TPSA) is 152 Å². The van der Waals surface area contributed by atoms with Gasteiger partial charge in [-0.15, -0.1) is 17.8 Å². The van der Waals surface area contributed by atoms with Crippen molar-refractivity contribution < 1.29 is 19.2 Å². The molecule has 5 N–H and O–H groups in total. The van der Waals surface area contributed by atoms with Crippen LogP contribution in [0.4, 0.5) is 5.69 Å². The predicted octanol–water partition coefficient (Wildman–Crippen LogP) is 1.98. The van der Waals surface area contributed by atoms with E-state index in [0.717, 1.165) is 38.0 Å². The first-order valence-corrected chi connectivity index (χ1v) is 13.2. The van der Waals surface area contributed by atoms with E-state index in [4.69, 9.17) is 17.9 Å². The minimum atomic E-state index is -1.02. The second-order valence-corrected chi connectivity index (χ2v) is 10.4. The molecule has 1 aliphatic heterocycles. The number of terminal acetylenes is 1. The number of likely N-dealkylation sites (N-methyl/N-ethyl adjacent to an activating group) is 1. The van der Waals surface area contributed by atoms with Gasteiger partial charge in [0.1, 0.15) is 0 Å². The zero-order valence-electron chi connectivity index (χ0n) is 22.2. The number of benzene rings is 1. The van der Waals surface area contributed by atoms with Crippen LogP contribution >= 0.6 is 11.3 Å². The van der Waals surface area contributed by atoms with Crippen molar-refractivity contribution in [3.63, 3.8) is 0 Å². The quantitative estimate of drug-likeness (QED) is 0.400. The highest BCUT2D eigenvalue weighted by molar-refractivity contribution is 7.13. The van der Waals surface area contributed by atoms with Gasteiger partial charge in [0.05, 0.1) is 5.69 Å². The number of hydrogen-bond donors (Lipinski definition) is 3. The number of aromatic nitrogens is 1. The molecule has 204 valence electrons. The summed E-state index contributed by atoms with van der Waals surface area (Å²) in [4.78, 5) is 52.8. The third-order valence-corrected chi connectivity index (χ3v) is 7.16. The summed E-state index contributed by atoms with van der Waals surface area (Å²) in [6, 6.07) is 6.49. The molecule has 10 nitrogen and oxygen atoms in total. The molecule has 11 heteroatoms. The van der Waals surface area contributed by atoms with Crippen LogP contribution in [0.1, 0.15) is 58.0 Å². The lowest BCUT2D eigenvalue weighted by Gasteiger charge is -2.23. The molecule has 2 aliphatic rings. The summed E-state index contributed by atoms with van der Waals surface area (Å²) in [5.74, 6) is 0.796. The minimum absolute atomic E-state index is 0.324. The maximum absolute atomic E-state index is 11.4. The van der Waals surface area contributed by atoms with Crippen LogP contribution in [-0.2, 0) is 27.3 Å². The average molecular weight is 541 g/mol. The van der Waals surface area contributed by atoms with Crippen molar-refractivity contribution in [2.24, 2.45) is 17.4 Å². The lowest BCUT2D eigenvalue weighted by molar-refractivity contribution is -0.134. The van der Waals surface area contributed by atoms with E-state index in [1.165, 1.54) is 35.5 Å². The van der Waals surface area contributed by atoms with Gasteiger partial charge in [-0.05, 0) is 44.2 Å². The Bertz CT molecular complexity index is 1160.